The highest BCUT2D eigenvalue weighted by atomic mass is 19.1. The summed E-state index contributed by atoms with van der Waals surface area (Å²) in [5.41, 5.74) is 8.64. The standard InChI is InChI=1S/C12H15F2N3O2/c1-12(2,5-10(16)18)17-11(19)6-3-9(15)8(14)4-7(6)13/h3-4H,5,15H2,1-2H3,(H2,16,18)(H,17,19). The van der Waals surface area contributed by atoms with Gasteiger partial charge < -0.3 is 16.8 Å². The van der Waals surface area contributed by atoms with Gasteiger partial charge in [0.25, 0.3) is 5.91 Å². The number of nitrogens with one attached hydrogen (secondary N) is 1. The summed E-state index contributed by atoms with van der Waals surface area (Å²) in [6, 6.07) is 1.44. The van der Waals surface area contributed by atoms with Crippen molar-refractivity contribution < 1.29 is 18.4 Å². The molecule has 0 spiro atoms. The van der Waals surface area contributed by atoms with E-state index in [1.807, 2.05) is 0 Å². The van der Waals surface area contributed by atoms with E-state index in [0.717, 1.165) is 6.07 Å². The lowest BCUT2D eigenvalue weighted by atomic mass is 9.99. The summed E-state index contributed by atoms with van der Waals surface area (Å²) in [5, 5.41) is 2.43. The zero-order valence-electron chi connectivity index (χ0n) is 10.6. The smallest absolute Gasteiger partial charge is 0.254 e. The first-order valence-corrected chi connectivity index (χ1v) is 5.48. The monoisotopic (exact) mass is 271 g/mol. The molecular formula is C12H15F2N3O2. The summed E-state index contributed by atoms with van der Waals surface area (Å²) in [6.45, 7) is 3.11. The van der Waals surface area contributed by atoms with Gasteiger partial charge >= 0.3 is 0 Å². The average molecular weight is 271 g/mol. The fraction of sp³-hybridized carbons (Fsp3) is 0.333. The van der Waals surface area contributed by atoms with E-state index in [1.165, 1.54) is 0 Å². The second-order valence-electron chi connectivity index (χ2n) is 4.83. The maximum Gasteiger partial charge on any atom is 0.254 e. The van der Waals surface area contributed by atoms with Crippen LogP contribution in [-0.4, -0.2) is 17.4 Å². The summed E-state index contributed by atoms with van der Waals surface area (Å²) in [7, 11) is 0. The second kappa shape index (κ2) is 5.21. The Bertz CT molecular complexity index is 530. The molecule has 19 heavy (non-hydrogen) atoms. The van der Waals surface area contributed by atoms with Crippen LogP contribution in [0.5, 0.6) is 0 Å². The number of halogens is 2. The van der Waals surface area contributed by atoms with Crippen LogP contribution in [0, 0.1) is 11.6 Å². The highest BCUT2D eigenvalue weighted by molar-refractivity contribution is 5.96. The van der Waals surface area contributed by atoms with Crippen LogP contribution in [0.4, 0.5) is 14.5 Å². The lowest BCUT2D eigenvalue weighted by molar-refractivity contribution is -0.119. The van der Waals surface area contributed by atoms with E-state index >= 15 is 0 Å². The fourth-order valence-corrected chi connectivity index (χ4v) is 1.59. The van der Waals surface area contributed by atoms with Crippen molar-refractivity contribution in [2.75, 3.05) is 5.73 Å². The minimum atomic E-state index is -1.03. The molecule has 0 fully saturated rings. The van der Waals surface area contributed by atoms with Gasteiger partial charge in [0, 0.05) is 18.0 Å². The van der Waals surface area contributed by atoms with Gasteiger partial charge in [0.15, 0.2) is 0 Å². The van der Waals surface area contributed by atoms with Gasteiger partial charge in [0.05, 0.1) is 11.3 Å². The zero-order valence-corrected chi connectivity index (χ0v) is 10.6. The molecule has 5 nitrogen and oxygen atoms in total. The number of nitrogens with two attached hydrogens (primary N) is 2. The van der Waals surface area contributed by atoms with Crippen molar-refractivity contribution >= 4 is 17.5 Å². The van der Waals surface area contributed by atoms with Crippen molar-refractivity contribution in [2.24, 2.45) is 5.73 Å². The van der Waals surface area contributed by atoms with Crippen molar-refractivity contribution in [3.63, 3.8) is 0 Å². The van der Waals surface area contributed by atoms with Gasteiger partial charge in [0.2, 0.25) is 5.91 Å². The summed E-state index contributed by atoms with van der Waals surface area (Å²) < 4.78 is 26.4. The minimum absolute atomic E-state index is 0.114. The molecule has 0 aliphatic rings. The molecule has 0 bridgehead atoms. The number of primary amides is 1. The summed E-state index contributed by atoms with van der Waals surface area (Å²) in [6.07, 6.45) is -0.114. The van der Waals surface area contributed by atoms with E-state index in [2.05, 4.69) is 5.32 Å². The van der Waals surface area contributed by atoms with Gasteiger partial charge in [-0.15, -0.1) is 0 Å². The van der Waals surface area contributed by atoms with Crippen LogP contribution in [-0.2, 0) is 4.79 Å². The lowest BCUT2D eigenvalue weighted by Crippen LogP contribution is -2.46. The van der Waals surface area contributed by atoms with Crippen LogP contribution in [0.2, 0.25) is 0 Å². The molecule has 1 rings (SSSR count). The van der Waals surface area contributed by atoms with Crippen molar-refractivity contribution in [3.8, 4) is 0 Å². The Labute approximate surface area is 109 Å². The number of carbonyl (C=O) groups is 2. The molecule has 0 saturated heterocycles. The molecule has 0 aromatic heterocycles. The third-order valence-corrected chi connectivity index (χ3v) is 2.40. The third-order valence-electron chi connectivity index (χ3n) is 2.40. The van der Waals surface area contributed by atoms with Crippen LogP contribution >= 0.6 is 0 Å². The van der Waals surface area contributed by atoms with E-state index in [0.29, 0.717) is 6.07 Å². The highest BCUT2D eigenvalue weighted by Crippen LogP contribution is 2.18. The van der Waals surface area contributed by atoms with Crippen molar-refractivity contribution in [1.82, 2.24) is 5.32 Å². The van der Waals surface area contributed by atoms with Crippen molar-refractivity contribution in [3.05, 3.63) is 29.3 Å². The SMILES string of the molecule is CC(C)(CC(N)=O)NC(=O)c1cc(N)c(F)cc1F. The molecule has 0 saturated carbocycles. The number of amides is 2. The first kappa shape index (κ1) is 14.9. The van der Waals surface area contributed by atoms with E-state index in [9.17, 15) is 18.4 Å². The topological polar surface area (TPSA) is 98.2 Å². The Morgan fingerprint density at radius 1 is 1.26 bits per heavy atom. The van der Waals surface area contributed by atoms with Gasteiger partial charge in [-0.25, -0.2) is 8.78 Å². The van der Waals surface area contributed by atoms with Gasteiger partial charge in [0.1, 0.15) is 11.6 Å². The predicted molar refractivity (Wildman–Crippen MR) is 66.1 cm³/mol. The van der Waals surface area contributed by atoms with Crippen LogP contribution in [0.3, 0.4) is 0 Å². The quantitative estimate of drug-likeness (QED) is 0.710. The number of hydrogen-bond acceptors (Lipinski definition) is 3. The second-order valence-corrected chi connectivity index (χ2v) is 4.83. The first-order chi connectivity index (χ1) is 8.62. The Balaban J connectivity index is 2.96. The molecule has 7 heteroatoms. The molecule has 5 N–H and O–H groups in total. The van der Waals surface area contributed by atoms with Gasteiger partial charge in [-0.3, -0.25) is 9.59 Å². The fourth-order valence-electron chi connectivity index (χ4n) is 1.59. The summed E-state index contributed by atoms with van der Waals surface area (Å²) in [4.78, 5) is 22.7. The Morgan fingerprint density at radius 3 is 2.37 bits per heavy atom. The molecule has 0 aliphatic carbocycles. The summed E-state index contributed by atoms with van der Waals surface area (Å²) >= 11 is 0. The minimum Gasteiger partial charge on any atom is -0.396 e. The van der Waals surface area contributed by atoms with Crippen LogP contribution in [0.25, 0.3) is 0 Å². The van der Waals surface area contributed by atoms with Gasteiger partial charge in [-0.1, -0.05) is 0 Å². The maximum absolute atomic E-state index is 13.5. The number of anilines is 1. The molecule has 0 atom stereocenters. The molecule has 0 radical (unpaired) electrons. The Kier molecular flexibility index (Phi) is 4.08. The van der Waals surface area contributed by atoms with Crippen molar-refractivity contribution in [1.29, 1.82) is 0 Å². The van der Waals surface area contributed by atoms with E-state index in [1.54, 1.807) is 13.8 Å². The molecule has 104 valence electrons. The number of nitrogen functional groups attached to an aromatic ring is 1. The van der Waals surface area contributed by atoms with Gasteiger partial charge in [-0.05, 0) is 19.9 Å². The Morgan fingerprint density at radius 2 is 1.84 bits per heavy atom. The highest BCUT2D eigenvalue weighted by Gasteiger charge is 2.25. The number of rotatable bonds is 4. The molecular weight excluding hydrogens is 256 g/mol. The normalized spacial score (nSPS) is 11.2. The molecule has 1 aromatic carbocycles. The maximum atomic E-state index is 13.5. The van der Waals surface area contributed by atoms with Gasteiger partial charge in [-0.2, -0.15) is 0 Å². The average Bonchev–Trinajstić information content (AvgIpc) is 2.20. The molecule has 2 amide bonds. The van der Waals surface area contributed by atoms with Crippen molar-refractivity contribution in [2.45, 2.75) is 25.8 Å². The Hall–Kier alpha value is -2.18. The number of hydrogen-bond donors (Lipinski definition) is 3. The predicted octanol–water partition coefficient (Wildman–Crippen LogP) is 0.931. The number of carbonyl (C=O) groups excluding carboxylic acids is 2. The molecule has 0 heterocycles. The largest absolute Gasteiger partial charge is 0.396 e. The van der Waals surface area contributed by atoms with E-state index < -0.39 is 34.6 Å². The van der Waals surface area contributed by atoms with Crippen LogP contribution < -0.4 is 16.8 Å². The molecule has 1 aromatic rings. The lowest BCUT2D eigenvalue weighted by Gasteiger charge is -2.24. The zero-order chi connectivity index (χ0) is 14.8. The van der Waals surface area contributed by atoms with E-state index in [-0.39, 0.29) is 12.1 Å². The first-order valence-electron chi connectivity index (χ1n) is 5.48. The molecule has 0 aliphatic heterocycles. The van der Waals surface area contributed by atoms with Crippen LogP contribution in [0.1, 0.15) is 30.6 Å². The number of benzene rings is 1. The molecule has 0 unspecified atom stereocenters. The van der Waals surface area contributed by atoms with Crippen LogP contribution in [0.15, 0.2) is 12.1 Å². The van der Waals surface area contributed by atoms with E-state index in [4.69, 9.17) is 11.5 Å². The third kappa shape index (κ3) is 3.90. The summed E-state index contributed by atoms with van der Waals surface area (Å²) in [5.74, 6) is -3.37.